The molecule has 1 aliphatic rings. The highest BCUT2D eigenvalue weighted by molar-refractivity contribution is 7.90. The zero-order valence-corrected chi connectivity index (χ0v) is 18.3. The number of fused-ring (bicyclic) bond motifs is 2. The van der Waals surface area contributed by atoms with Gasteiger partial charge in [0.15, 0.2) is 26.1 Å². The van der Waals surface area contributed by atoms with E-state index in [1.165, 1.54) is 42.7 Å². The number of nitrogens with zero attached hydrogens (tertiary/aromatic N) is 2. The van der Waals surface area contributed by atoms with Gasteiger partial charge in [0.05, 0.1) is 22.2 Å². The van der Waals surface area contributed by atoms with E-state index in [0.717, 1.165) is 11.0 Å². The van der Waals surface area contributed by atoms with Crippen molar-refractivity contribution in [3.63, 3.8) is 0 Å². The molecule has 31 heavy (non-hydrogen) atoms. The lowest BCUT2D eigenvalue weighted by molar-refractivity contribution is -0.141. The molecule has 0 N–H and O–H groups in total. The van der Waals surface area contributed by atoms with Crippen LogP contribution < -0.4 is 14.3 Å². The number of methoxy groups -OCH3 is 1. The largest absolute Gasteiger partial charge is 0.486 e. The first-order valence-corrected chi connectivity index (χ1v) is 11.9. The van der Waals surface area contributed by atoms with Crippen LogP contribution in [0.2, 0.25) is 0 Å². The Hall–Kier alpha value is -3.18. The molecular weight excluding hydrogens is 444 g/mol. The van der Waals surface area contributed by atoms with Crippen LogP contribution in [-0.2, 0) is 25.9 Å². The first kappa shape index (κ1) is 21.1. The van der Waals surface area contributed by atoms with Gasteiger partial charge in [-0.2, -0.15) is 4.99 Å². The Bertz CT molecular complexity index is 1370. The van der Waals surface area contributed by atoms with Gasteiger partial charge < -0.3 is 18.8 Å². The molecule has 9 nitrogen and oxygen atoms in total. The Morgan fingerprint density at radius 3 is 2.55 bits per heavy atom. The second-order valence-electron chi connectivity index (χ2n) is 6.73. The number of carbonyl (C=O) groups is 2. The number of esters is 1. The van der Waals surface area contributed by atoms with Crippen LogP contribution in [0.1, 0.15) is 10.4 Å². The maximum absolute atomic E-state index is 12.8. The molecule has 0 fully saturated rings. The summed E-state index contributed by atoms with van der Waals surface area (Å²) in [5.41, 5.74) is 0.757. The average Bonchev–Trinajstić information content (AvgIpc) is 3.07. The molecule has 0 saturated heterocycles. The SMILES string of the molecule is COC(=O)Cn1c(=NC(=O)c2cccc(S(C)(=O)=O)c2)sc2cc3c(cc21)OCCO3. The quantitative estimate of drug-likeness (QED) is 0.543. The first-order chi connectivity index (χ1) is 14.8. The van der Waals surface area contributed by atoms with Crippen molar-refractivity contribution in [1.29, 1.82) is 0 Å². The predicted molar refractivity (Wildman–Crippen MR) is 112 cm³/mol. The van der Waals surface area contributed by atoms with Crippen molar-refractivity contribution >= 4 is 43.3 Å². The van der Waals surface area contributed by atoms with Gasteiger partial charge in [-0.1, -0.05) is 17.4 Å². The van der Waals surface area contributed by atoms with Crippen molar-refractivity contribution in [1.82, 2.24) is 4.57 Å². The van der Waals surface area contributed by atoms with Gasteiger partial charge in [0.2, 0.25) is 0 Å². The molecule has 0 spiro atoms. The molecule has 0 radical (unpaired) electrons. The van der Waals surface area contributed by atoms with Crippen molar-refractivity contribution in [2.24, 2.45) is 4.99 Å². The van der Waals surface area contributed by atoms with E-state index in [9.17, 15) is 18.0 Å². The molecule has 4 rings (SSSR count). The molecule has 0 unspecified atom stereocenters. The number of sulfone groups is 1. The Morgan fingerprint density at radius 2 is 1.87 bits per heavy atom. The minimum atomic E-state index is -3.47. The standard InChI is InChI=1S/C20H18N2O7S2/c1-27-18(23)11-22-14-9-15-16(29-7-6-28-15)10-17(14)30-20(22)21-19(24)12-4-3-5-13(8-12)31(2,25)26/h3-5,8-10H,6-7,11H2,1-2H3. The van der Waals surface area contributed by atoms with Crippen molar-refractivity contribution < 1.29 is 32.2 Å². The third kappa shape index (κ3) is 4.32. The summed E-state index contributed by atoms with van der Waals surface area (Å²) >= 11 is 1.20. The van der Waals surface area contributed by atoms with Crippen LogP contribution in [-0.4, -0.2) is 51.4 Å². The number of thiazole rings is 1. The summed E-state index contributed by atoms with van der Waals surface area (Å²) in [6, 6.07) is 9.16. The molecule has 162 valence electrons. The minimum absolute atomic E-state index is 0.0225. The molecule has 2 heterocycles. The number of carbonyl (C=O) groups excluding carboxylic acids is 2. The number of aromatic nitrogens is 1. The monoisotopic (exact) mass is 462 g/mol. The summed E-state index contributed by atoms with van der Waals surface area (Å²) in [5.74, 6) is -0.0339. The zero-order valence-electron chi connectivity index (χ0n) is 16.7. The fraction of sp³-hybridized carbons (Fsp3) is 0.250. The minimum Gasteiger partial charge on any atom is -0.486 e. The first-order valence-electron chi connectivity index (χ1n) is 9.15. The van der Waals surface area contributed by atoms with Crippen LogP contribution in [0.5, 0.6) is 11.5 Å². The summed E-state index contributed by atoms with van der Waals surface area (Å²) < 4.78 is 41.9. The van der Waals surface area contributed by atoms with Crippen LogP contribution in [0.25, 0.3) is 10.2 Å². The Labute approximate surface area is 181 Å². The van der Waals surface area contributed by atoms with E-state index in [0.29, 0.717) is 30.2 Å². The van der Waals surface area contributed by atoms with E-state index < -0.39 is 21.7 Å². The lowest BCUT2D eigenvalue weighted by Gasteiger charge is -2.18. The predicted octanol–water partition coefficient (Wildman–Crippen LogP) is 1.79. The summed E-state index contributed by atoms with van der Waals surface area (Å²) in [6.07, 6.45) is 1.07. The van der Waals surface area contributed by atoms with Gasteiger partial charge in [0.25, 0.3) is 5.91 Å². The van der Waals surface area contributed by atoms with Crippen LogP contribution in [0.3, 0.4) is 0 Å². The van der Waals surface area contributed by atoms with Crippen molar-refractivity contribution in [3.05, 3.63) is 46.8 Å². The smallest absolute Gasteiger partial charge is 0.325 e. The van der Waals surface area contributed by atoms with Crippen LogP contribution in [0.4, 0.5) is 0 Å². The van der Waals surface area contributed by atoms with E-state index >= 15 is 0 Å². The number of ether oxygens (including phenoxy) is 3. The van der Waals surface area contributed by atoms with Crippen LogP contribution >= 0.6 is 11.3 Å². The average molecular weight is 463 g/mol. The van der Waals surface area contributed by atoms with Gasteiger partial charge in [-0.15, -0.1) is 0 Å². The molecule has 0 aliphatic carbocycles. The maximum atomic E-state index is 12.8. The van der Waals surface area contributed by atoms with E-state index in [1.54, 1.807) is 16.7 Å². The van der Waals surface area contributed by atoms with Crippen molar-refractivity contribution in [2.75, 3.05) is 26.6 Å². The summed E-state index contributed by atoms with van der Waals surface area (Å²) in [7, 11) is -2.20. The van der Waals surface area contributed by atoms with Crippen molar-refractivity contribution in [2.45, 2.75) is 11.4 Å². The van der Waals surface area contributed by atoms with Gasteiger partial charge in [0.1, 0.15) is 19.8 Å². The summed E-state index contributed by atoms with van der Waals surface area (Å²) in [5, 5.41) is 0. The molecule has 0 saturated carbocycles. The fourth-order valence-corrected chi connectivity index (χ4v) is 4.75. The third-order valence-corrected chi connectivity index (χ3v) is 6.72. The van der Waals surface area contributed by atoms with Gasteiger partial charge in [-0.25, -0.2) is 8.42 Å². The molecule has 3 aromatic rings. The van der Waals surface area contributed by atoms with Gasteiger partial charge in [-0.05, 0) is 18.2 Å². The fourth-order valence-electron chi connectivity index (χ4n) is 3.05. The van der Waals surface area contributed by atoms with Gasteiger partial charge in [-0.3, -0.25) is 9.59 Å². The second-order valence-corrected chi connectivity index (χ2v) is 9.75. The highest BCUT2D eigenvalue weighted by atomic mass is 32.2. The normalized spacial score (nSPS) is 13.9. The van der Waals surface area contributed by atoms with Crippen LogP contribution in [0, 0.1) is 0 Å². The van der Waals surface area contributed by atoms with Gasteiger partial charge in [0, 0.05) is 24.0 Å². The lowest BCUT2D eigenvalue weighted by atomic mass is 10.2. The molecular formula is C20H18N2O7S2. The van der Waals surface area contributed by atoms with E-state index in [2.05, 4.69) is 4.99 Å². The highest BCUT2D eigenvalue weighted by Gasteiger charge is 2.19. The van der Waals surface area contributed by atoms with E-state index in [-0.39, 0.29) is 21.8 Å². The maximum Gasteiger partial charge on any atom is 0.325 e. The summed E-state index contributed by atoms with van der Waals surface area (Å²) in [4.78, 5) is 29.2. The van der Waals surface area contributed by atoms with Crippen LogP contribution in [0.15, 0.2) is 46.3 Å². The van der Waals surface area contributed by atoms with E-state index in [1.807, 2.05) is 0 Å². The Kier molecular flexibility index (Phi) is 5.54. The summed E-state index contributed by atoms with van der Waals surface area (Å²) in [6.45, 7) is 0.677. The second kappa shape index (κ2) is 8.16. The Morgan fingerprint density at radius 1 is 1.16 bits per heavy atom. The molecule has 2 aromatic carbocycles. The van der Waals surface area contributed by atoms with E-state index in [4.69, 9.17) is 14.2 Å². The molecule has 1 amide bonds. The number of benzene rings is 2. The molecule has 0 bridgehead atoms. The zero-order chi connectivity index (χ0) is 22.2. The lowest BCUT2D eigenvalue weighted by Crippen LogP contribution is -2.22. The highest BCUT2D eigenvalue weighted by Crippen LogP contribution is 2.35. The number of amides is 1. The third-order valence-electron chi connectivity index (χ3n) is 4.57. The molecule has 0 atom stereocenters. The topological polar surface area (TPSA) is 113 Å². The Balaban J connectivity index is 1.85. The number of hydrogen-bond acceptors (Lipinski definition) is 8. The number of rotatable bonds is 4. The molecule has 11 heteroatoms. The molecule has 1 aliphatic heterocycles. The van der Waals surface area contributed by atoms with Gasteiger partial charge >= 0.3 is 5.97 Å². The molecule has 1 aromatic heterocycles. The van der Waals surface area contributed by atoms with Crippen molar-refractivity contribution in [3.8, 4) is 11.5 Å². The number of hydrogen-bond donors (Lipinski definition) is 0.